The summed E-state index contributed by atoms with van der Waals surface area (Å²) in [5.74, 6) is -0.998. The number of hydrogen-bond acceptors (Lipinski definition) is 4. The first-order valence-corrected chi connectivity index (χ1v) is 11.6. The Bertz CT molecular complexity index is 987. The minimum Gasteiger partial charge on any atom is -0.480 e. The normalized spacial score (nSPS) is 16.3. The summed E-state index contributed by atoms with van der Waals surface area (Å²) in [6, 6.07) is 15.5. The Morgan fingerprint density at radius 3 is 2.18 bits per heavy atom. The first-order chi connectivity index (χ1) is 16.0. The molecule has 2 aliphatic carbocycles. The van der Waals surface area contributed by atoms with Gasteiger partial charge in [0.2, 0.25) is 5.91 Å². The summed E-state index contributed by atoms with van der Waals surface area (Å²) in [6.07, 6.45) is 2.05. The molecule has 2 aliphatic rings. The highest BCUT2D eigenvalue weighted by atomic mass is 16.5. The molecule has 2 amide bonds. The van der Waals surface area contributed by atoms with Crippen molar-refractivity contribution >= 4 is 18.0 Å². The highest BCUT2D eigenvalue weighted by Gasteiger charge is 2.34. The zero-order valence-corrected chi connectivity index (χ0v) is 18.8. The third-order valence-corrected chi connectivity index (χ3v) is 6.63. The number of carboxylic acid groups (broad SMARTS) is 1. The second-order valence-corrected chi connectivity index (χ2v) is 8.87. The topological polar surface area (TPSA) is 105 Å². The monoisotopic (exact) mass is 450 g/mol. The molecule has 0 heterocycles. The second kappa shape index (κ2) is 10.1. The highest BCUT2D eigenvalue weighted by Crippen LogP contribution is 2.44. The van der Waals surface area contributed by atoms with Gasteiger partial charge in [0.1, 0.15) is 12.6 Å². The van der Waals surface area contributed by atoms with Crippen LogP contribution in [0.1, 0.15) is 49.7 Å². The minimum atomic E-state index is -1.04. The predicted molar refractivity (Wildman–Crippen MR) is 124 cm³/mol. The minimum absolute atomic E-state index is 0.00449. The molecule has 2 unspecified atom stereocenters. The van der Waals surface area contributed by atoms with Crippen LogP contribution >= 0.6 is 0 Å². The fourth-order valence-electron chi connectivity index (χ4n) is 4.67. The number of fused-ring (bicyclic) bond motifs is 3. The molecule has 33 heavy (non-hydrogen) atoms. The fourth-order valence-corrected chi connectivity index (χ4v) is 4.67. The maximum atomic E-state index is 12.5. The molecule has 0 aliphatic heterocycles. The van der Waals surface area contributed by atoms with Crippen molar-refractivity contribution in [2.24, 2.45) is 11.8 Å². The van der Waals surface area contributed by atoms with Crippen LogP contribution in [0.3, 0.4) is 0 Å². The number of alkyl carbamates (subject to hydrolysis) is 1. The van der Waals surface area contributed by atoms with E-state index in [2.05, 4.69) is 34.9 Å². The van der Waals surface area contributed by atoms with Gasteiger partial charge in [-0.2, -0.15) is 0 Å². The Balaban J connectivity index is 1.30. The SMILES string of the molecule is CCC(NC(=O)CC(CNC(=O)OCC1c2ccccc2-c2ccccc21)C1CC1)C(=O)O. The molecule has 7 heteroatoms. The highest BCUT2D eigenvalue weighted by molar-refractivity contribution is 5.83. The Labute approximate surface area is 193 Å². The van der Waals surface area contributed by atoms with E-state index in [1.54, 1.807) is 6.92 Å². The van der Waals surface area contributed by atoms with Gasteiger partial charge in [0.25, 0.3) is 0 Å². The van der Waals surface area contributed by atoms with Gasteiger partial charge < -0.3 is 20.5 Å². The number of aliphatic carboxylic acids is 1. The van der Waals surface area contributed by atoms with E-state index < -0.39 is 18.1 Å². The van der Waals surface area contributed by atoms with Crippen LogP contribution in [0.2, 0.25) is 0 Å². The molecule has 0 spiro atoms. The Hall–Kier alpha value is -3.35. The average molecular weight is 451 g/mol. The van der Waals surface area contributed by atoms with E-state index in [9.17, 15) is 14.4 Å². The lowest BCUT2D eigenvalue weighted by Crippen LogP contribution is -2.42. The number of ether oxygens (including phenoxy) is 1. The van der Waals surface area contributed by atoms with Gasteiger partial charge in [0, 0.05) is 18.9 Å². The lowest BCUT2D eigenvalue weighted by molar-refractivity contribution is -0.142. The second-order valence-electron chi connectivity index (χ2n) is 8.87. The number of nitrogens with one attached hydrogen (secondary N) is 2. The van der Waals surface area contributed by atoms with Crippen molar-refractivity contribution in [1.82, 2.24) is 10.6 Å². The van der Waals surface area contributed by atoms with Crippen LogP contribution in [0.5, 0.6) is 0 Å². The van der Waals surface area contributed by atoms with Gasteiger partial charge in [-0.05, 0) is 53.4 Å². The van der Waals surface area contributed by atoms with Gasteiger partial charge in [0.15, 0.2) is 0 Å². The summed E-state index contributed by atoms with van der Waals surface area (Å²) >= 11 is 0. The van der Waals surface area contributed by atoms with Crippen LogP contribution in [-0.4, -0.2) is 42.3 Å². The van der Waals surface area contributed by atoms with Gasteiger partial charge >= 0.3 is 12.1 Å². The van der Waals surface area contributed by atoms with Crippen LogP contribution in [-0.2, 0) is 14.3 Å². The zero-order chi connectivity index (χ0) is 23.4. The predicted octanol–water partition coefficient (Wildman–Crippen LogP) is 3.92. The molecule has 2 aromatic carbocycles. The number of rotatable bonds is 10. The van der Waals surface area contributed by atoms with Gasteiger partial charge in [-0.1, -0.05) is 55.5 Å². The van der Waals surface area contributed by atoms with E-state index in [0.717, 1.165) is 24.0 Å². The first kappa shape index (κ1) is 22.8. The van der Waals surface area contributed by atoms with Crippen LogP contribution in [0.15, 0.2) is 48.5 Å². The molecule has 1 fully saturated rings. The third-order valence-electron chi connectivity index (χ3n) is 6.63. The van der Waals surface area contributed by atoms with Gasteiger partial charge in [-0.3, -0.25) is 4.79 Å². The van der Waals surface area contributed by atoms with Gasteiger partial charge in [0.05, 0.1) is 0 Å². The number of carbonyl (C=O) groups excluding carboxylic acids is 2. The quantitative estimate of drug-likeness (QED) is 0.509. The summed E-state index contributed by atoms with van der Waals surface area (Å²) < 4.78 is 5.58. The van der Waals surface area contributed by atoms with Crippen LogP contribution in [0.25, 0.3) is 11.1 Å². The Morgan fingerprint density at radius 2 is 1.64 bits per heavy atom. The molecule has 0 aromatic heterocycles. The maximum Gasteiger partial charge on any atom is 0.407 e. The Morgan fingerprint density at radius 1 is 1.03 bits per heavy atom. The molecule has 3 N–H and O–H groups in total. The van der Waals surface area contributed by atoms with Crippen molar-refractivity contribution < 1.29 is 24.2 Å². The van der Waals surface area contributed by atoms with Crippen LogP contribution < -0.4 is 10.6 Å². The average Bonchev–Trinajstić information content (AvgIpc) is 3.61. The van der Waals surface area contributed by atoms with Gasteiger partial charge in [-0.25, -0.2) is 9.59 Å². The van der Waals surface area contributed by atoms with Crippen molar-refractivity contribution in [3.8, 4) is 11.1 Å². The molecule has 0 radical (unpaired) electrons. The van der Waals surface area contributed by atoms with Crippen molar-refractivity contribution in [2.45, 2.75) is 44.6 Å². The lowest BCUT2D eigenvalue weighted by atomic mass is 9.98. The van der Waals surface area contributed by atoms with Crippen LogP contribution in [0, 0.1) is 11.8 Å². The Kier molecular flexibility index (Phi) is 6.96. The molecule has 2 aromatic rings. The number of carbonyl (C=O) groups is 3. The molecule has 1 saturated carbocycles. The lowest BCUT2D eigenvalue weighted by Gasteiger charge is -2.19. The molecular formula is C26H30N2O5. The summed E-state index contributed by atoms with van der Waals surface area (Å²) in [5, 5.41) is 14.5. The number of benzene rings is 2. The number of amides is 2. The molecular weight excluding hydrogens is 420 g/mol. The van der Waals surface area contributed by atoms with Crippen molar-refractivity contribution in [2.75, 3.05) is 13.2 Å². The van der Waals surface area contributed by atoms with E-state index >= 15 is 0 Å². The number of hydrogen-bond donors (Lipinski definition) is 3. The maximum absolute atomic E-state index is 12.5. The van der Waals surface area contributed by atoms with E-state index in [0.29, 0.717) is 18.9 Å². The van der Waals surface area contributed by atoms with Crippen molar-refractivity contribution in [3.63, 3.8) is 0 Å². The molecule has 174 valence electrons. The van der Waals surface area contributed by atoms with Crippen LogP contribution in [0.4, 0.5) is 4.79 Å². The van der Waals surface area contributed by atoms with E-state index in [1.807, 2.05) is 24.3 Å². The summed E-state index contributed by atoms with van der Waals surface area (Å²) in [6.45, 7) is 2.29. The molecule has 2 atom stereocenters. The first-order valence-electron chi connectivity index (χ1n) is 11.6. The number of carboxylic acids is 1. The van der Waals surface area contributed by atoms with Gasteiger partial charge in [-0.15, -0.1) is 0 Å². The molecule has 4 rings (SSSR count). The molecule has 0 bridgehead atoms. The summed E-state index contributed by atoms with van der Waals surface area (Å²) in [5.41, 5.74) is 4.66. The largest absolute Gasteiger partial charge is 0.480 e. The third kappa shape index (κ3) is 5.35. The van der Waals surface area contributed by atoms with E-state index in [-0.39, 0.29) is 30.8 Å². The summed E-state index contributed by atoms with van der Waals surface area (Å²) in [7, 11) is 0. The molecule has 7 nitrogen and oxygen atoms in total. The van der Waals surface area contributed by atoms with E-state index in [1.165, 1.54) is 11.1 Å². The summed E-state index contributed by atoms with van der Waals surface area (Å²) in [4.78, 5) is 35.9. The standard InChI is InChI=1S/C26H30N2O5/c1-2-23(25(30)31)28-24(29)13-17(16-11-12-16)14-27-26(32)33-15-22-20-9-5-3-7-18(20)19-8-4-6-10-21(19)22/h3-10,16-17,22-23H,2,11-15H2,1H3,(H,27,32)(H,28,29)(H,30,31). The fraction of sp³-hybridized carbons (Fsp3) is 0.423. The van der Waals surface area contributed by atoms with Crippen molar-refractivity contribution in [1.29, 1.82) is 0 Å². The van der Waals surface area contributed by atoms with Crippen molar-refractivity contribution in [3.05, 3.63) is 59.7 Å². The molecule has 0 saturated heterocycles. The van der Waals surface area contributed by atoms with E-state index in [4.69, 9.17) is 9.84 Å². The smallest absolute Gasteiger partial charge is 0.407 e. The zero-order valence-electron chi connectivity index (χ0n) is 18.8.